The van der Waals surface area contributed by atoms with Gasteiger partial charge in [-0.15, -0.1) is 0 Å². The Morgan fingerprint density at radius 2 is 1.74 bits per heavy atom. The largest absolute Gasteiger partial charge is 0.394 e. The summed E-state index contributed by atoms with van der Waals surface area (Å²) < 4.78 is 11.2. The van der Waals surface area contributed by atoms with E-state index in [-0.39, 0.29) is 36.7 Å². The van der Waals surface area contributed by atoms with Crippen LogP contribution in [-0.4, -0.2) is 79.1 Å². The molecule has 0 radical (unpaired) electrons. The molecule has 0 spiro atoms. The molecule has 3 atom stereocenters. The van der Waals surface area contributed by atoms with Gasteiger partial charge in [0.25, 0.3) is 0 Å². The third kappa shape index (κ3) is 6.05. The van der Waals surface area contributed by atoms with E-state index in [0.717, 1.165) is 25.7 Å². The molecule has 0 aromatic rings. The van der Waals surface area contributed by atoms with Crippen LogP contribution in [0, 0.1) is 0 Å². The highest BCUT2D eigenvalue weighted by atomic mass is 16.5. The number of amides is 3. The molecule has 8 heteroatoms. The van der Waals surface area contributed by atoms with Gasteiger partial charge in [-0.25, -0.2) is 4.79 Å². The summed E-state index contributed by atoms with van der Waals surface area (Å²) in [6.07, 6.45) is 6.66. The van der Waals surface area contributed by atoms with Crippen molar-refractivity contribution in [1.29, 1.82) is 0 Å². The highest BCUT2D eigenvalue weighted by Crippen LogP contribution is 2.23. The SMILES string of the molecule is O=C(NC1CCCCC1)N[C@@H]1CC[C@H](CC(=O)N2CCOCC2)O[C@H]1CO. The lowest BCUT2D eigenvalue weighted by Crippen LogP contribution is -2.55. The quantitative estimate of drug-likeness (QED) is 0.651. The molecule has 27 heavy (non-hydrogen) atoms. The Hall–Kier alpha value is -1.38. The average Bonchev–Trinajstić information content (AvgIpc) is 2.70. The van der Waals surface area contributed by atoms with Crippen LogP contribution in [0.25, 0.3) is 0 Å². The normalized spacial score (nSPS) is 30.0. The Morgan fingerprint density at radius 3 is 2.44 bits per heavy atom. The van der Waals surface area contributed by atoms with Crippen molar-refractivity contribution in [2.45, 2.75) is 75.7 Å². The van der Waals surface area contributed by atoms with Crippen LogP contribution in [-0.2, 0) is 14.3 Å². The van der Waals surface area contributed by atoms with E-state index in [4.69, 9.17) is 9.47 Å². The van der Waals surface area contributed by atoms with Crippen LogP contribution in [0.15, 0.2) is 0 Å². The molecule has 0 unspecified atom stereocenters. The van der Waals surface area contributed by atoms with Crippen molar-refractivity contribution in [2.75, 3.05) is 32.9 Å². The molecule has 154 valence electrons. The van der Waals surface area contributed by atoms with Gasteiger partial charge in [0.2, 0.25) is 5.91 Å². The number of rotatable bonds is 5. The minimum atomic E-state index is -0.474. The molecule has 3 N–H and O–H groups in total. The number of carbonyl (C=O) groups excluding carboxylic acids is 2. The zero-order valence-corrected chi connectivity index (χ0v) is 16.0. The zero-order chi connectivity index (χ0) is 19.1. The first-order chi connectivity index (χ1) is 13.2. The van der Waals surface area contributed by atoms with Crippen LogP contribution in [0.5, 0.6) is 0 Å². The number of hydrogen-bond acceptors (Lipinski definition) is 5. The zero-order valence-electron chi connectivity index (χ0n) is 16.0. The van der Waals surface area contributed by atoms with Crippen LogP contribution < -0.4 is 10.6 Å². The van der Waals surface area contributed by atoms with Gasteiger partial charge < -0.3 is 30.1 Å². The fourth-order valence-corrected chi connectivity index (χ4v) is 4.23. The fourth-order valence-electron chi connectivity index (χ4n) is 4.23. The second-order valence-corrected chi connectivity index (χ2v) is 7.81. The number of carbonyl (C=O) groups is 2. The predicted molar refractivity (Wildman–Crippen MR) is 99.3 cm³/mol. The van der Waals surface area contributed by atoms with Gasteiger partial charge in [0.05, 0.1) is 38.4 Å². The summed E-state index contributed by atoms with van der Waals surface area (Å²) in [6.45, 7) is 2.24. The number of aliphatic hydroxyl groups is 1. The molecule has 0 bridgehead atoms. The number of nitrogens with one attached hydrogen (secondary N) is 2. The van der Waals surface area contributed by atoms with Crippen LogP contribution in [0.4, 0.5) is 4.79 Å². The second-order valence-electron chi connectivity index (χ2n) is 7.81. The van der Waals surface area contributed by atoms with E-state index in [1.54, 1.807) is 0 Å². The first-order valence-electron chi connectivity index (χ1n) is 10.3. The molecule has 3 aliphatic rings. The summed E-state index contributed by atoms with van der Waals surface area (Å²) in [4.78, 5) is 26.5. The van der Waals surface area contributed by atoms with Crippen molar-refractivity contribution >= 4 is 11.9 Å². The summed E-state index contributed by atoms with van der Waals surface area (Å²) in [5, 5.41) is 15.7. The van der Waals surface area contributed by atoms with Crippen LogP contribution in [0.3, 0.4) is 0 Å². The first-order valence-corrected chi connectivity index (χ1v) is 10.3. The maximum absolute atomic E-state index is 12.4. The summed E-state index contributed by atoms with van der Waals surface area (Å²) in [5.74, 6) is 0.0708. The van der Waals surface area contributed by atoms with Crippen LogP contribution in [0.1, 0.15) is 51.4 Å². The van der Waals surface area contributed by atoms with Gasteiger partial charge in [0, 0.05) is 19.1 Å². The number of urea groups is 1. The van der Waals surface area contributed by atoms with Gasteiger partial charge >= 0.3 is 6.03 Å². The molecule has 8 nitrogen and oxygen atoms in total. The number of ether oxygens (including phenoxy) is 2. The molecule has 1 aliphatic carbocycles. The van der Waals surface area contributed by atoms with Crippen LogP contribution in [0.2, 0.25) is 0 Å². The first kappa shape index (κ1) is 20.4. The Bertz CT molecular complexity index is 492. The smallest absolute Gasteiger partial charge is 0.315 e. The van der Waals surface area contributed by atoms with Crippen molar-refractivity contribution in [3.63, 3.8) is 0 Å². The molecule has 3 fully saturated rings. The summed E-state index contributed by atoms with van der Waals surface area (Å²) in [6, 6.07) is -0.167. The molecule has 0 aromatic carbocycles. The van der Waals surface area contributed by atoms with Gasteiger partial charge in [0.15, 0.2) is 0 Å². The standard InChI is InChI=1S/C19H33N3O5/c23-13-17-16(21-19(25)20-14-4-2-1-3-5-14)7-6-15(27-17)12-18(24)22-8-10-26-11-9-22/h14-17,23H,1-13H2,(H2,20,21,25)/t15-,16-,17+/m1/s1. The number of aliphatic hydroxyl groups excluding tert-OH is 1. The molecule has 2 aliphatic heterocycles. The molecular weight excluding hydrogens is 350 g/mol. The van der Waals surface area contributed by atoms with E-state index < -0.39 is 6.10 Å². The monoisotopic (exact) mass is 383 g/mol. The maximum Gasteiger partial charge on any atom is 0.315 e. The highest BCUT2D eigenvalue weighted by Gasteiger charge is 2.34. The van der Waals surface area contributed by atoms with Crippen molar-refractivity contribution in [2.24, 2.45) is 0 Å². The Balaban J connectivity index is 1.43. The third-order valence-electron chi connectivity index (χ3n) is 5.82. The van der Waals surface area contributed by atoms with Crippen molar-refractivity contribution in [1.82, 2.24) is 15.5 Å². The third-order valence-corrected chi connectivity index (χ3v) is 5.82. The number of hydrogen-bond donors (Lipinski definition) is 3. The minimum Gasteiger partial charge on any atom is -0.394 e. The van der Waals surface area contributed by atoms with E-state index in [9.17, 15) is 14.7 Å². The van der Waals surface area contributed by atoms with Crippen molar-refractivity contribution in [3.8, 4) is 0 Å². The van der Waals surface area contributed by atoms with Gasteiger partial charge in [0.1, 0.15) is 6.10 Å². The second kappa shape index (κ2) is 10.2. The lowest BCUT2D eigenvalue weighted by atomic mass is 9.95. The molecule has 3 rings (SSSR count). The van der Waals surface area contributed by atoms with Gasteiger partial charge in [-0.1, -0.05) is 19.3 Å². The predicted octanol–water partition coefficient (Wildman–Crippen LogP) is 0.776. The summed E-state index contributed by atoms with van der Waals surface area (Å²) in [5.41, 5.74) is 0. The number of nitrogens with zero attached hydrogens (tertiary/aromatic N) is 1. The molecular formula is C19H33N3O5. The highest BCUT2D eigenvalue weighted by molar-refractivity contribution is 5.77. The average molecular weight is 383 g/mol. The maximum atomic E-state index is 12.4. The van der Waals surface area contributed by atoms with Crippen LogP contribution >= 0.6 is 0 Å². The lowest BCUT2D eigenvalue weighted by molar-refractivity contribution is -0.143. The van der Waals surface area contributed by atoms with Gasteiger partial charge in [-0.3, -0.25) is 4.79 Å². The summed E-state index contributed by atoms with van der Waals surface area (Å²) in [7, 11) is 0. The van der Waals surface area contributed by atoms with E-state index in [1.165, 1.54) is 6.42 Å². The topological polar surface area (TPSA) is 100 Å². The van der Waals surface area contributed by atoms with E-state index in [0.29, 0.717) is 45.6 Å². The Kier molecular flexibility index (Phi) is 7.72. The van der Waals surface area contributed by atoms with Crippen molar-refractivity contribution < 1.29 is 24.2 Å². The minimum absolute atomic E-state index is 0.0708. The molecule has 1 saturated carbocycles. The van der Waals surface area contributed by atoms with Gasteiger partial charge in [-0.05, 0) is 25.7 Å². The fraction of sp³-hybridized carbons (Fsp3) is 0.895. The molecule has 2 saturated heterocycles. The van der Waals surface area contributed by atoms with E-state index >= 15 is 0 Å². The Morgan fingerprint density at radius 1 is 1.00 bits per heavy atom. The number of morpholine rings is 1. The van der Waals surface area contributed by atoms with Gasteiger partial charge in [-0.2, -0.15) is 0 Å². The lowest BCUT2D eigenvalue weighted by Gasteiger charge is -2.37. The molecule has 0 aromatic heterocycles. The summed E-state index contributed by atoms with van der Waals surface area (Å²) >= 11 is 0. The molecule has 2 heterocycles. The van der Waals surface area contributed by atoms with E-state index in [1.807, 2.05) is 4.90 Å². The Labute approximate surface area is 160 Å². The van der Waals surface area contributed by atoms with Crippen molar-refractivity contribution in [3.05, 3.63) is 0 Å². The molecule has 3 amide bonds. The van der Waals surface area contributed by atoms with E-state index in [2.05, 4.69) is 10.6 Å².